The summed E-state index contributed by atoms with van der Waals surface area (Å²) in [6.07, 6.45) is 3.63. The molecule has 1 unspecified atom stereocenters. The summed E-state index contributed by atoms with van der Waals surface area (Å²) in [7, 11) is 0. The Kier molecular flexibility index (Phi) is 5.61. The van der Waals surface area contributed by atoms with Gasteiger partial charge >= 0.3 is 0 Å². The van der Waals surface area contributed by atoms with Gasteiger partial charge in [-0.15, -0.1) is 0 Å². The van der Waals surface area contributed by atoms with Gasteiger partial charge in [0, 0.05) is 24.9 Å². The first kappa shape index (κ1) is 14.3. The van der Waals surface area contributed by atoms with Gasteiger partial charge in [-0.1, -0.05) is 13.0 Å². The molecule has 1 atom stereocenters. The minimum absolute atomic E-state index is 0.244. The van der Waals surface area contributed by atoms with Crippen LogP contribution >= 0.6 is 0 Å². The van der Waals surface area contributed by atoms with Crippen LogP contribution in [-0.4, -0.2) is 30.8 Å². The molecular formula is C15H24N2O2. The third kappa shape index (κ3) is 4.48. The van der Waals surface area contributed by atoms with Crippen LogP contribution in [-0.2, 0) is 11.3 Å². The van der Waals surface area contributed by atoms with E-state index in [2.05, 4.69) is 23.3 Å². The smallest absolute Gasteiger partial charge is 0.213 e. The molecule has 106 valence electrons. The summed E-state index contributed by atoms with van der Waals surface area (Å²) >= 11 is 0. The van der Waals surface area contributed by atoms with E-state index in [0.717, 1.165) is 44.7 Å². The molecule has 1 aromatic rings. The molecule has 0 spiro atoms. The zero-order valence-electron chi connectivity index (χ0n) is 11.9. The Balaban J connectivity index is 1.83. The molecular weight excluding hydrogens is 240 g/mol. The predicted molar refractivity (Wildman–Crippen MR) is 75.4 cm³/mol. The molecule has 1 N–H and O–H groups in total. The molecule has 1 aliphatic heterocycles. The van der Waals surface area contributed by atoms with E-state index in [1.54, 1.807) is 0 Å². The SMILES string of the molecule is CCCNCc1ccc(OCC2CCCO2)nc1C. The molecule has 1 aliphatic rings. The van der Waals surface area contributed by atoms with E-state index >= 15 is 0 Å². The summed E-state index contributed by atoms with van der Waals surface area (Å²) in [5.41, 5.74) is 2.27. The Morgan fingerprint density at radius 2 is 2.37 bits per heavy atom. The third-order valence-corrected chi connectivity index (χ3v) is 3.35. The molecule has 0 amide bonds. The maximum absolute atomic E-state index is 5.69. The molecule has 1 saturated heterocycles. The molecule has 0 radical (unpaired) electrons. The van der Waals surface area contributed by atoms with Crippen LogP contribution in [0, 0.1) is 6.92 Å². The number of aryl methyl sites for hydroxylation is 1. The first-order valence-electron chi connectivity index (χ1n) is 7.21. The van der Waals surface area contributed by atoms with Crippen molar-refractivity contribution >= 4 is 0 Å². The second-order valence-corrected chi connectivity index (χ2v) is 5.02. The highest BCUT2D eigenvalue weighted by molar-refractivity contribution is 5.24. The number of hydrogen-bond donors (Lipinski definition) is 1. The van der Waals surface area contributed by atoms with Crippen LogP contribution in [0.4, 0.5) is 0 Å². The van der Waals surface area contributed by atoms with Gasteiger partial charge in [-0.05, 0) is 38.3 Å². The Hall–Kier alpha value is -1.13. The minimum atomic E-state index is 0.244. The molecule has 0 aliphatic carbocycles. The van der Waals surface area contributed by atoms with E-state index < -0.39 is 0 Å². The lowest BCUT2D eigenvalue weighted by molar-refractivity contribution is 0.0663. The number of nitrogens with zero attached hydrogens (tertiary/aromatic N) is 1. The molecule has 4 heteroatoms. The Morgan fingerprint density at radius 1 is 1.47 bits per heavy atom. The largest absolute Gasteiger partial charge is 0.475 e. The quantitative estimate of drug-likeness (QED) is 0.768. The molecule has 0 bridgehead atoms. The molecule has 0 aromatic carbocycles. The number of aromatic nitrogens is 1. The minimum Gasteiger partial charge on any atom is -0.475 e. The zero-order valence-corrected chi connectivity index (χ0v) is 11.9. The van der Waals surface area contributed by atoms with Crippen molar-refractivity contribution in [1.29, 1.82) is 0 Å². The first-order chi connectivity index (χ1) is 9.29. The number of hydrogen-bond acceptors (Lipinski definition) is 4. The summed E-state index contributed by atoms with van der Waals surface area (Å²) in [6.45, 7) is 7.58. The predicted octanol–water partition coefficient (Wildman–Crippen LogP) is 2.45. The van der Waals surface area contributed by atoms with Crippen LogP contribution in [0.15, 0.2) is 12.1 Å². The summed E-state index contributed by atoms with van der Waals surface area (Å²) in [6, 6.07) is 4.04. The standard InChI is InChI=1S/C15H24N2O2/c1-3-8-16-10-13-6-7-15(17-12(13)2)19-11-14-5-4-9-18-14/h6-7,14,16H,3-5,8-11H2,1-2H3. The molecule has 4 nitrogen and oxygen atoms in total. The average molecular weight is 264 g/mol. The number of pyridine rings is 1. The highest BCUT2D eigenvalue weighted by atomic mass is 16.5. The number of ether oxygens (including phenoxy) is 2. The van der Waals surface area contributed by atoms with Gasteiger partial charge in [-0.2, -0.15) is 0 Å². The van der Waals surface area contributed by atoms with Gasteiger partial charge in [0.2, 0.25) is 5.88 Å². The van der Waals surface area contributed by atoms with Gasteiger partial charge in [0.25, 0.3) is 0 Å². The van der Waals surface area contributed by atoms with E-state index in [1.165, 1.54) is 5.56 Å². The van der Waals surface area contributed by atoms with Crippen molar-refractivity contribution in [3.8, 4) is 5.88 Å². The van der Waals surface area contributed by atoms with Gasteiger partial charge in [-0.25, -0.2) is 4.98 Å². The van der Waals surface area contributed by atoms with E-state index in [-0.39, 0.29) is 6.10 Å². The first-order valence-corrected chi connectivity index (χ1v) is 7.21. The zero-order chi connectivity index (χ0) is 13.5. The van der Waals surface area contributed by atoms with E-state index in [4.69, 9.17) is 9.47 Å². The summed E-state index contributed by atoms with van der Waals surface area (Å²) in [4.78, 5) is 4.50. The molecule has 1 aromatic heterocycles. The second kappa shape index (κ2) is 7.46. The normalized spacial score (nSPS) is 18.7. The topological polar surface area (TPSA) is 43.4 Å². The van der Waals surface area contributed by atoms with Gasteiger partial charge in [0.1, 0.15) is 6.61 Å². The third-order valence-electron chi connectivity index (χ3n) is 3.35. The fraction of sp³-hybridized carbons (Fsp3) is 0.667. The van der Waals surface area contributed by atoms with Gasteiger partial charge in [-0.3, -0.25) is 0 Å². The van der Waals surface area contributed by atoms with Crippen LogP contribution in [0.3, 0.4) is 0 Å². The monoisotopic (exact) mass is 264 g/mol. The van der Waals surface area contributed by atoms with Crippen molar-refractivity contribution in [2.75, 3.05) is 19.8 Å². The Bertz CT molecular complexity index is 390. The van der Waals surface area contributed by atoms with Crippen LogP contribution in [0.25, 0.3) is 0 Å². The van der Waals surface area contributed by atoms with E-state index in [1.807, 2.05) is 13.0 Å². The number of rotatable bonds is 7. The lowest BCUT2D eigenvalue weighted by atomic mass is 10.2. The maximum atomic E-state index is 5.69. The van der Waals surface area contributed by atoms with Crippen LogP contribution < -0.4 is 10.1 Å². The molecule has 2 heterocycles. The van der Waals surface area contributed by atoms with Crippen molar-refractivity contribution < 1.29 is 9.47 Å². The highest BCUT2D eigenvalue weighted by Gasteiger charge is 2.16. The Labute approximate surface area is 115 Å². The van der Waals surface area contributed by atoms with Crippen molar-refractivity contribution in [2.45, 2.75) is 45.8 Å². The fourth-order valence-corrected chi connectivity index (χ4v) is 2.19. The van der Waals surface area contributed by atoms with E-state index in [9.17, 15) is 0 Å². The van der Waals surface area contributed by atoms with Crippen molar-refractivity contribution in [2.24, 2.45) is 0 Å². The van der Waals surface area contributed by atoms with Crippen molar-refractivity contribution in [3.05, 3.63) is 23.4 Å². The van der Waals surface area contributed by atoms with Gasteiger partial charge in [0.15, 0.2) is 0 Å². The highest BCUT2D eigenvalue weighted by Crippen LogP contribution is 2.16. The van der Waals surface area contributed by atoms with Gasteiger partial charge < -0.3 is 14.8 Å². The van der Waals surface area contributed by atoms with Crippen LogP contribution in [0.5, 0.6) is 5.88 Å². The van der Waals surface area contributed by atoms with Gasteiger partial charge in [0.05, 0.1) is 6.10 Å². The van der Waals surface area contributed by atoms with Crippen LogP contribution in [0.1, 0.15) is 37.4 Å². The Morgan fingerprint density at radius 3 is 3.05 bits per heavy atom. The number of nitrogens with one attached hydrogen (secondary N) is 1. The maximum Gasteiger partial charge on any atom is 0.213 e. The van der Waals surface area contributed by atoms with Crippen molar-refractivity contribution in [1.82, 2.24) is 10.3 Å². The molecule has 2 rings (SSSR count). The molecule has 1 fully saturated rings. The summed E-state index contributed by atoms with van der Waals surface area (Å²) in [5, 5.41) is 3.39. The summed E-state index contributed by atoms with van der Waals surface area (Å²) in [5.74, 6) is 0.701. The molecule has 0 saturated carbocycles. The lowest BCUT2D eigenvalue weighted by Gasteiger charge is -2.12. The van der Waals surface area contributed by atoms with E-state index in [0.29, 0.717) is 12.5 Å². The van der Waals surface area contributed by atoms with Crippen LogP contribution in [0.2, 0.25) is 0 Å². The lowest BCUT2D eigenvalue weighted by Crippen LogP contribution is -2.17. The van der Waals surface area contributed by atoms with Crippen molar-refractivity contribution in [3.63, 3.8) is 0 Å². The second-order valence-electron chi connectivity index (χ2n) is 5.02. The molecule has 19 heavy (non-hydrogen) atoms. The average Bonchev–Trinajstić information content (AvgIpc) is 2.92. The fourth-order valence-electron chi connectivity index (χ4n) is 2.19. The summed E-state index contributed by atoms with van der Waals surface area (Å²) < 4.78 is 11.2.